The van der Waals surface area contributed by atoms with E-state index in [1.54, 1.807) is 0 Å². The zero-order valence-corrected chi connectivity index (χ0v) is 13.9. The van der Waals surface area contributed by atoms with Crippen molar-refractivity contribution < 1.29 is 9.53 Å². The third-order valence-electron chi connectivity index (χ3n) is 3.63. The van der Waals surface area contributed by atoms with Crippen LogP contribution in [0.5, 0.6) is 0 Å². The van der Waals surface area contributed by atoms with Crippen LogP contribution in [0.25, 0.3) is 0 Å². The second-order valence-electron chi connectivity index (χ2n) is 5.22. The van der Waals surface area contributed by atoms with Gasteiger partial charge in [0.15, 0.2) is 0 Å². The molecule has 1 aliphatic rings. The zero-order chi connectivity index (χ0) is 14.2. The van der Waals surface area contributed by atoms with E-state index in [1.807, 2.05) is 24.3 Å². The summed E-state index contributed by atoms with van der Waals surface area (Å²) in [6, 6.07) is 7.64. The molecule has 0 spiro atoms. The maximum atomic E-state index is 12.0. The Labute approximate surface area is 134 Å². The molecule has 0 radical (unpaired) electrons. The predicted octanol–water partition coefficient (Wildman–Crippen LogP) is 3.76. The van der Waals surface area contributed by atoms with Crippen molar-refractivity contribution in [3.8, 4) is 0 Å². The van der Waals surface area contributed by atoms with Gasteiger partial charge in [-0.25, -0.2) is 0 Å². The Balaban J connectivity index is 1.61. The molecule has 1 amide bonds. The molecule has 1 aliphatic carbocycles. The van der Waals surface area contributed by atoms with E-state index in [2.05, 4.69) is 27.9 Å². The molecule has 3 nitrogen and oxygen atoms in total. The third kappa shape index (κ3) is 5.05. The van der Waals surface area contributed by atoms with Crippen molar-refractivity contribution in [3.63, 3.8) is 0 Å². The van der Waals surface area contributed by atoms with Crippen molar-refractivity contribution in [2.24, 2.45) is 0 Å². The van der Waals surface area contributed by atoms with E-state index in [-0.39, 0.29) is 5.91 Å². The van der Waals surface area contributed by atoms with Crippen LogP contribution in [0, 0.1) is 3.57 Å². The van der Waals surface area contributed by atoms with Crippen molar-refractivity contribution in [2.75, 3.05) is 13.2 Å². The summed E-state index contributed by atoms with van der Waals surface area (Å²) in [6.07, 6.45) is 7.69. The SMILES string of the molecule is O=C(NCCCOC1CCCCC1)c1ccccc1I. The van der Waals surface area contributed by atoms with Gasteiger partial charge < -0.3 is 10.1 Å². The second kappa shape index (κ2) is 8.62. The largest absolute Gasteiger partial charge is 0.378 e. The lowest BCUT2D eigenvalue weighted by Crippen LogP contribution is -2.26. The van der Waals surface area contributed by atoms with E-state index in [9.17, 15) is 4.79 Å². The smallest absolute Gasteiger partial charge is 0.252 e. The quantitative estimate of drug-likeness (QED) is 0.596. The van der Waals surface area contributed by atoms with Crippen LogP contribution in [0.1, 0.15) is 48.9 Å². The summed E-state index contributed by atoms with van der Waals surface area (Å²) in [5.74, 6) is 0.00710. The third-order valence-corrected chi connectivity index (χ3v) is 4.57. The summed E-state index contributed by atoms with van der Waals surface area (Å²) in [7, 11) is 0. The lowest BCUT2D eigenvalue weighted by atomic mass is 9.98. The molecule has 1 aromatic rings. The van der Waals surface area contributed by atoms with Gasteiger partial charge in [-0.1, -0.05) is 31.4 Å². The van der Waals surface area contributed by atoms with Crippen LogP contribution < -0.4 is 5.32 Å². The summed E-state index contributed by atoms with van der Waals surface area (Å²) in [5, 5.41) is 2.95. The van der Waals surface area contributed by atoms with Crippen LogP contribution in [-0.4, -0.2) is 25.2 Å². The number of ether oxygens (including phenoxy) is 1. The molecule has 0 aromatic heterocycles. The van der Waals surface area contributed by atoms with Crippen molar-refractivity contribution in [2.45, 2.75) is 44.6 Å². The highest BCUT2D eigenvalue weighted by molar-refractivity contribution is 14.1. The molecule has 1 N–H and O–H groups in total. The molecule has 1 fully saturated rings. The van der Waals surface area contributed by atoms with E-state index in [1.165, 1.54) is 32.1 Å². The molecule has 20 heavy (non-hydrogen) atoms. The fourth-order valence-corrected chi connectivity index (χ4v) is 3.13. The molecule has 1 aromatic carbocycles. The molecule has 110 valence electrons. The van der Waals surface area contributed by atoms with Gasteiger partial charge in [-0.2, -0.15) is 0 Å². The Kier molecular flexibility index (Phi) is 6.79. The topological polar surface area (TPSA) is 38.3 Å². The van der Waals surface area contributed by atoms with Crippen LogP contribution >= 0.6 is 22.6 Å². The molecule has 0 atom stereocenters. The van der Waals surface area contributed by atoms with Crippen LogP contribution in [0.2, 0.25) is 0 Å². The average Bonchev–Trinajstić information content (AvgIpc) is 2.48. The van der Waals surface area contributed by atoms with E-state index in [4.69, 9.17) is 4.74 Å². The first kappa shape index (κ1) is 15.8. The van der Waals surface area contributed by atoms with E-state index in [0.29, 0.717) is 12.6 Å². The molecular weight excluding hydrogens is 365 g/mol. The molecule has 2 rings (SSSR count). The Morgan fingerprint density at radius 3 is 2.75 bits per heavy atom. The number of halogens is 1. The molecule has 0 unspecified atom stereocenters. The van der Waals surface area contributed by atoms with Crippen molar-refractivity contribution in [3.05, 3.63) is 33.4 Å². The first-order chi connectivity index (χ1) is 9.77. The normalized spacial score (nSPS) is 16.1. The highest BCUT2D eigenvalue weighted by Crippen LogP contribution is 2.20. The van der Waals surface area contributed by atoms with Gasteiger partial charge in [-0.05, 0) is 54.0 Å². The van der Waals surface area contributed by atoms with Gasteiger partial charge >= 0.3 is 0 Å². The molecule has 0 saturated heterocycles. The summed E-state index contributed by atoms with van der Waals surface area (Å²) >= 11 is 2.19. The molecule has 4 heteroatoms. The van der Waals surface area contributed by atoms with Gasteiger partial charge in [0.05, 0.1) is 11.7 Å². The number of hydrogen-bond donors (Lipinski definition) is 1. The number of benzene rings is 1. The first-order valence-electron chi connectivity index (χ1n) is 7.41. The first-order valence-corrected chi connectivity index (χ1v) is 8.49. The molecule has 0 heterocycles. The zero-order valence-electron chi connectivity index (χ0n) is 11.7. The number of carbonyl (C=O) groups is 1. The van der Waals surface area contributed by atoms with Gasteiger partial charge in [-0.15, -0.1) is 0 Å². The maximum Gasteiger partial charge on any atom is 0.252 e. The lowest BCUT2D eigenvalue weighted by Gasteiger charge is -2.21. The van der Waals surface area contributed by atoms with Crippen molar-refractivity contribution >= 4 is 28.5 Å². The minimum atomic E-state index is 0.00710. The number of hydrogen-bond acceptors (Lipinski definition) is 2. The Bertz CT molecular complexity index is 430. The average molecular weight is 387 g/mol. The minimum absolute atomic E-state index is 0.00710. The minimum Gasteiger partial charge on any atom is -0.378 e. The Morgan fingerprint density at radius 2 is 2.00 bits per heavy atom. The number of rotatable bonds is 6. The Morgan fingerprint density at radius 1 is 1.25 bits per heavy atom. The van der Waals surface area contributed by atoms with Gasteiger partial charge in [0, 0.05) is 16.7 Å². The molecule has 0 aliphatic heterocycles. The fraction of sp³-hybridized carbons (Fsp3) is 0.562. The van der Waals surface area contributed by atoms with Gasteiger partial charge in [0.1, 0.15) is 0 Å². The highest BCUT2D eigenvalue weighted by atomic mass is 127. The number of nitrogens with one attached hydrogen (secondary N) is 1. The van der Waals surface area contributed by atoms with E-state index < -0.39 is 0 Å². The summed E-state index contributed by atoms with van der Waals surface area (Å²) in [5.41, 5.74) is 0.751. The maximum absolute atomic E-state index is 12.0. The van der Waals surface area contributed by atoms with Crippen molar-refractivity contribution in [1.82, 2.24) is 5.32 Å². The van der Waals surface area contributed by atoms with Crippen LogP contribution in [-0.2, 0) is 4.74 Å². The van der Waals surface area contributed by atoms with Gasteiger partial charge in [0.25, 0.3) is 5.91 Å². The van der Waals surface area contributed by atoms with E-state index >= 15 is 0 Å². The molecule has 1 saturated carbocycles. The summed E-state index contributed by atoms with van der Waals surface area (Å²) < 4.78 is 6.83. The van der Waals surface area contributed by atoms with Gasteiger partial charge in [-0.3, -0.25) is 4.79 Å². The lowest BCUT2D eigenvalue weighted by molar-refractivity contribution is 0.0273. The van der Waals surface area contributed by atoms with Crippen LogP contribution in [0.4, 0.5) is 0 Å². The van der Waals surface area contributed by atoms with Crippen LogP contribution in [0.3, 0.4) is 0 Å². The summed E-state index contributed by atoms with van der Waals surface area (Å²) in [6.45, 7) is 1.42. The molecule has 0 bridgehead atoms. The standard InChI is InChI=1S/C16H22INO2/c17-15-10-5-4-9-14(15)16(19)18-11-6-12-20-13-7-2-1-3-8-13/h4-5,9-10,13H,1-3,6-8,11-12H2,(H,18,19). The number of amides is 1. The molecular formula is C16H22INO2. The highest BCUT2D eigenvalue weighted by Gasteiger charge is 2.13. The van der Waals surface area contributed by atoms with Crippen molar-refractivity contribution in [1.29, 1.82) is 0 Å². The predicted molar refractivity (Wildman–Crippen MR) is 88.9 cm³/mol. The summed E-state index contributed by atoms with van der Waals surface area (Å²) in [4.78, 5) is 12.0. The fourth-order valence-electron chi connectivity index (χ4n) is 2.50. The van der Waals surface area contributed by atoms with E-state index in [0.717, 1.165) is 22.2 Å². The van der Waals surface area contributed by atoms with Crippen LogP contribution in [0.15, 0.2) is 24.3 Å². The number of carbonyl (C=O) groups excluding carboxylic acids is 1. The second-order valence-corrected chi connectivity index (χ2v) is 6.38. The van der Waals surface area contributed by atoms with Gasteiger partial charge in [0.2, 0.25) is 0 Å². The monoisotopic (exact) mass is 387 g/mol. The Hall–Kier alpha value is -0.620.